The van der Waals surface area contributed by atoms with E-state index in [2.05, 4.69) is 10.3 Å². The molecule has 0 atom stereocenters. The molecule has 1 amide bonds. The quantitative estimate of drug-likeness (QED) is 0.641. The van der Waals surface area contributed by atoms with E-state index in [1.807, 2.05) is 6.07 Å². The summed E-state index contributed by atoms with van der Waals surface area (Å²) in [5.41, 5.74) is 0.395. The molecule has 0 unspecified atom stereocenters. The Kier molecular flexibility index (Phi) is 7.13. The summed E-state index contributed by atoms with van der Waals surface area (Å²) in [6.45, 7) is 0.503. The zero-order valence-corrected chi connectivity index (χ0v) is 14.1. The third-order valence-electron chi connectivity index (χ3n) is 3.94. The summed E-state index contributed by atoms with van der Waals surface area (Å²) in [6, 6.07) is 7.04. The molecule has 1 heterocycles. The number of aliphatic carboxylic acids is 1. The first-order valence-corrected chi connectivity index (χ1v) is 8.50. The number of hydrogen-bond donors (Lipinski definition) is 2. The van der Waals surface area contributed by atoms with Crippen molar-refractivity contribution in [1.29, 1.82) is 0 Å². The minimum absolute atomic E-state index is 0.0464. The molecule has 0 aliphatic rings. The van der Waals surface area contributed by atoms with Crippen LogP contribution in [0.4, 0.5) is 0 Å². The Labute approximate surface area is 145 Å². The van der Waals surface area contributed by atoms with E-state index < -0.39 is 5.97 Å². The highest BCUT2D eigenvalue weighted by molar-refractivity contribution is 5.78. The highest BCUT2D eigenvalue weighted by Gasteiger charge is 2.07. The minimum atomic E-state index is -0.759. The second-order valence-corrected chi connectivity index (χ2v) is 5.96. The first kappa shape index (κ1) is 18.6. The van der Waals surface area contributed by atoms with E-state index in [4.69, 9.17) is 5.11 Å². The van der Waals surface area contributed by atoms with E-state index in [1.54, 1.807) is 18.2 Å². The number of carbonyl (C=O) groups is 2. The number of amides is 1. The molecular weight excluding hydrogens is 322 g/mol. The molecule has 0 saturated heterocycles. The lowest BCUT2D eigenvalue weighted by molar-refractivity contribution is -0.137. The van der Waals surface area contributed by atoms with Crippen molar-refractivity contribution in [3.8, 4) is 0 Å². The molecule has 0 radical (unpaired) electrons. The standard InChI is InChI=1S/C18H23N3O4/c22-16(19-11-7-3-1-2-4-10-17(23)24)12-21-13-20-15-9-6-5-8-14(15)18(21)25/h5-6,8-9,13H,1-4,7,10-12H2,(H,19,22)(H,23,24). The highest BCUT2D eigenvalue weighted by Crippen LogP contribution is 2.05. The van der Waals surface area contributed by atoms with Gasteiger partial charge in [-0.2, -0.15) is 0 Å². The molecule has 7 nitrogen and oxygen atoms in total. The summed E-state index contributed by atoms with van der Waals surface area (Å²) in [5, 5.41) is 11.8. The first-order valence-electron chi connectivity index (χ1n) is 8.50. The Morgan fingerprint density at radius 1 is 1.08 bits per heavy atom. The molecule has 0 saturated carbocycles. The molecule has 134 valence electrons. The van der Waals surface area contributed by atoms with Crippen molar-refractivity contribution in [1.82, 2.24) is 14.9 Å². The average Bonchev–Trinajstić information content (AvgIpc) is 2.59. The Morgan fingerprint density at radius 3 is 2.60 bits per heavy atom. The van der Waals surface area contributed by atoms with Crippen LogP contribution in [-0.4, -0.2) is 33.1 Å². The Hall–Kier alpha value is -2.70. The van der Waals surface area contributed by atoms with Gasteiger partial charge in [0.15, 0.2) is 0 Å². The normalized spacial score (nSPS) is 10.7. The number of carboxylic acids is 1. The lowest BCUT2D eigenvalue weighted by atomic mass is 10.1. The minimum Gasteiger partial charge on any atom is -0.481 e. The van der Waals surface area contributed by atoms with E-state index in [0.717, 1.165) is 25.7 Å². The number of rotatable bonds is 10. The van der Waals surface area contributed by atoms with Gasteiger partial charge in [0.2, 0.25) is 5.91 Å². The van der Waals surface area contributed by atoms with Gasteiger partial charge in [0.1, 0.15) is 6.54 Å². The fourth-order valence-corrected chi connectivity index (χ4v) is 2.59. The van der Waals surface area contributed by atoms with Gasteiger partial charge in [-0.1, -0.05) is 31.4 Å². The van der Waals surface area contributed by atoms with Crippen LogP contribution in [0.2, 0.25) is 0 Å². The number of nitrogens with zero attached hydrogens (tertiary/aromatic N) is 2. The van der Waals surface area contributed by atoms with Crippen molar-refractivity contribution in [2.75, 3.05) is 6.54 Å². The molecule has 1 aromatic carbocycles. The monoisotopic (exact) mass is 345 g/mol. The Morgan fingerprint density at radius 2 is 1.80 bits per heavy atom. The molecule has 0 fully saturated rings. The molecule has 1 aromatic heterocycles. The number of fused-ring (bicyclic) bond motifs is 1. The molecule has 0 spiro atoms. The lowest BCUT2D eigenvalue weighted by Gasteiger charge is -2.08. The van der Waals surface area contributed by atoms with Crippen molar-refractivity contribution in [2.45, 2.75) is 45.1 Å². The Bertz CT molecular complexity index is 785. The number of para-hydroxylation sites is 1. The van der Waals surface area contributed by atoms with E-state index in [-0.39, 0.29) is 24.4 Å². The van der Waals surface area contributed by atoms with E-state index in [9.17, 15) is 14.4 Å². The maximum atomic E-state index is 12.3. The topological polar surface area (TPSA) is 101 Å². The van der Waals surface area contributed by atoms with Gasteiger partial charge < -0.3 is 10.4 Å². The van der Waals surface area contributed by atoms with Gasteiger partial charge in [-0.15, -0.1) is 0 Å². The fraction of sp³-hybridized carbons (Fsp3) is 0.444. The number of unbranched alkanes of at least 4 members (excludes halogenated alkanes) is 4. The largest absolute Gasteiger partial charge is 0.481 e. The third-order valence-corrected chi connectivity index (χ3v) is 3.94. The van der Waals surface area contributed by atoms with Crippen LogP contribution in [0.15, 0.2) is 35.4 Å². The van der Waals surface area contributed by atoms with Gasteiger partial charge >= 0.3 is 5.97 Å². The van der Waals surface area contributed by atoms with Gasteiger partial charge in [0.25, 0.3) is 5.56 Å². The van der Waals surface area contributed by atoms with Gasteiger partial charge in [0.05, 0.1) is 17.2 Å². The van der Waals surface area contributed by atoms with Gasteiger partial charge in [-0.3, -0.25) is 19.0 Å². The summed E-state index contributed by atoms with van der Waals surface area (Å²) in [4.78, 5) is 38.8. The smallest absolute Gasteiger partial charge is 0.303 e. The van der Waals surface area contributed by atoms with Crippen LogP contribution < -0.4 is 10.9 Å². The number of carboxylic acid groups (broad SMARTS) is 1. The van der Waals surface area contributed by atoms with Crippen molar-refractivity contribution in [3.63, 3.8) is 0 Å². The Balaban J connectivity index is 1.70. The molecule has 2 aromatic rings. The highest BCUT2D eigenvalue weighted by atomic mass is 16.4. The SMILES string of the molecule is O=C(O)CCCCCCCNC(=O)Cn1cnc2ccccc2c1=O. The van der Waals surface area contributed by atoms with Crippen LogP contribution in [0.3, 0.4) is 0 Å². The molecule has 0 bridgehead atoms. The van der Waals surface area contributed by atoms with Crippen LogP contribution >= 0.6 is 0 Å². The molecule has 0 aliphatic carbocycles. The van der Waals surface area contributed by atoms with Gasteiger partial charge in [-0.25, -0.2) is 4.98 Å². The number of aromatic nitrogens is 2. The second kappa shape index (κ2) is 9.56. The zero-order chi connectivity index (χ0) is 18.1. The molecule has 2 rings (SSSR count). The van der Waals surface area contributed by atoms with E-state index in [0.29, 0.717) is 23.9 Å². The summed E-state index contributed by atoms with van der Waals surface area (Å²) in [6.07, 6.45) is 5.92. The maximum Gasteiger partial charge on any atom is 0.303 e. The summed E-state index contributed by atoms with van der Waals surface area (Å²) in [7, 11) is 0. The first-order chi connectivity index (χ1) is 12.1. The molecule has 0 aliphatic heterocycles. The average molecular weight is 345 g/mol. The fourth-order valence-electron chi connectivity index (χ4n) is 2.59. The lowest BCUT2D eigenvalue weighted by Crippen LogP contribution is -2.33. The summed E-state index contributed by atoms with van der Waals surface area (Å²) >= 11 is 0. The van der Waals surface area contributed by atoms with Crippen LogP contribution in [0, 0.1) is 0 Å². The van der Waals surface area contributed by atoms with Crippen LogP contribution in [0.1, 0.15) is 38.5 Å². The predicted octanol–water partition coefficient (Wildman–Crippen LogP) is 1.94. The van der Waals surface area contributed by atoms with Crippen molar-refractivity contribution in [2.24, 2.45) is 0 Å². The number of nitrogens with one attached hydrogen (secondary N) is 1. The number of benzene rings is 1. The van der Waals surface area contributed by atoms with Crippen LogP contribution in [0.5, 0.6) is 0 Å². The van der Waals surface area contributed by atoms with Crippen molar-refractivity contribution >= 4 is 22.8 Å². The van der Waals surface area contributed by atoms with Gasteiger partial charge in [0, 0.05) is 13.0 Å². The molecular formula is C18H23N3O4. The van der Waals surface area contributed by atoms with E-state index >= 15 is 0 Å². The summed E-state index contributed by atoms with van der Waals surface area (Å²) in [5.74, 6) is -0.976. The number of hydrogen-bond acceptors (Lipinski definition) is 4. The molecule has 2 N–H and O–H groups in total. The zero-order valence-electron chi connectivity index (χ0n) is 14.1. The molecule has 7 heteroatoms. The second-order valence-electron chi connectivity index (χ2n) is 5.96. The van der Waals surface area contributed by atoms with E-state index in [1.165, 1.54) is 10.9 Å². The van der Waals surface area contributed by atoms with Crippen molar-refractivity contribution in [3.05, 3.63) is 40.9 Å². The summed E-state index contributed by atoms with van der Waals surface area (Å²) < 4.78 is 1.31. The van der Waals surface area contributed by atoms with Crippen molar-refractivity contribution < 1.29 is 14.7 Å². The van der Waals surface area contributed by atoms with Crippen LogP contribution in [-0.2, 0) is 16.1 Å². The van der Waals surface area contributed by atoms with Crippen LogP contribution in [0.25, 0.3) is 10.9 Å². The van der Waals surface area contributed by atoms with Gasteiger partial charge in [-0.05, 0) is 25.0 Å². The maximum absolute atomic E-state index is 12.3. The third kappa shape index (κ3) is 6.02. The molecule has 25 heavy (non-hydrogen) atoms. The predicted molar refractivity (Wildman–Crippen MR) is 94.4 cm³/mol. The number of carbonyl (C=O) groups excluding carboxylic acids is 1.